The first kappa shape index (κ1) is 23.2. The first-order valence-corrected chi connectivity index (χ1v) is 13.3. The number of carbonyl (C=O) groups is 3. The summed E-state index contributed by atoms with van der Waals surface area (Å²) in [5.41, 5.74) is 1.45. The predicted molar refractivity (Wildman–Crippen MR) is 143 cm³/mol. The number of hydrogen-bond acceptors (Lipinski definition) is 5. The number of aryl methyl sites for hydroxylation is 1. The molecule has 0 aliphatic carbocycles. The van der Waals surface area contributed by atoms with Crippen molar-refractivity contribution in [2.45, 2.75) is 43.7 Å². The van der Waals surface area contributed by atoms with Crippen molar-refractivity contribution in [3.63, 3.8) is 0 Å². The molecule has 0 unspecified atom stereocenters. The number of ether oxygens (including phenoxy) is 1. The standard InChI is InChI=1S/C31H29N3O4/c1-3-38-24-16-7-4-11-19(24)27(35)25-23-15-9-17-34(23)31(21-13-8-10-18(2)26(21)33-29(31)37)30(25)20-12-5-6-14-22(20)32-28(30)36/h4-8,10-14,16,23,25H,3,9,15,17H2,1-2H3,(H,32,36)(H,33,37)/t23-,25+,30-,31-/m0/s1. The summed E-state index contributed by atoms with van der Waals surface area (Å²) in [6, 6.07) is 20.3. The van der Waals surface area contributed by atoms with Crippen LogP contribution in [0.4, 0.5) is 11.4 Å². The SMILES string of the molecule is CCOc1ccccc1C(=O)[C@H]1[C@@H]2CCCN2[C@@]2(C(=O)Nc3c(C)cccc32)[C@]12C(=O)Nc1ccccc12. The zero-order valence-electron chi connectivity index (χ0n) is 21.4. The summed E-state index contributed by atoms with van der Waals surface area (Å²) in [6.07, 6.45) is 1.57. The summed E-state index contributed by atoms with van der Waals surface area (Å²) in [7, 11) is 0. The van der Waals surface area contributed by atoms with Crippen LogP contribution in [0.5, 0.6) is 5.75 Å². The highest BCUT2D eigenvalue weighted by Gasteiger charge is 2.81. The molecule has 2 saturated heterocycles. The van der Waals surface area contributed by atoms with Crippen LogP contribution in [0.3, 0.4) is 0 Å². The van der Waals surface area contributed by atoms with Crippen molar-refractivity contribution in [3.8, 4) is 5.75 Å². The van der Waals surface area contributed by atoms with Crippen LogP contribution in [0.15, 0.2) is 66.7 Å². The first-order chi connectivity index (χ1) is 18.5. The molecule has 7 heteroatoms. The second-order valence-electron chi connectivity index (χ2n) is 10.6. The zero-order valence-corrected chi connectivity index (χ0v) is 21.4. The lowest BCUT2D eigenvalue weighted by Gasteiger charge is -2.43. The van der Waals surface area contributed by atoms with E-state index in [1.807, 2.05) is 68.4 Å². The van der Waals surface area contributed by atoms with E-state index in [1.165, 1.54) is 0 Å². The highest BCUT2D eigenvalue weighted by atomic mass is 16.5. The lowest BCUT2D eigenvalue weighted by Crippen LogP contribution is -2.62. The Hall–Kier alpha value is -3.97. The third-order valence-corrected chi connectivity index (χ3v) is 9.07. The van der Waals surface area contributed by atoms with Crippen molar-refractivity contribution in [2.24, 2.45) is 5.92 Å². The number of nitrogens with zero attached hydrogens (tertiary/aromatic N) is 1. The quantitative estimate of drug-likeness (QED) is 0.511. The number of amides is 2. The minimum Gasteiger partial charge on any atom is -0.493 e. The minimum atomic E-state index is -1.45. The van der Waals surface area contributed by atoms with Gasteiger partial charge in [0.2, 0.25) is 5.91 Å². The summed E-state index contributed by atoms with van der Waals surface area (Å²) in [6.45, 7) is 4.89. The lowest BCUT2D eigenvalue weighted by molar-refractivity contribution is -0.137. The average molecular weight is 508 g/mol. The Morgan fingerprint density at radius 2 is 1.74 bits per heavy atom. The van der Waals surface area contributed by atoms with Crippen LogP contribution >= 0.6 is 0 Å². The van der Waals surface area contributed by atoms with E-state index in [0.29, 0.717) is 35.7 Å². The van der Waals surface area contributed by atoms with Gasteiger partial charge >= 0.3 is 0 Å². The Labute approximate surface area is 221 Å². The van der Waals surface area contributed by atoms with Gasteiger partial charge in [-0.1, -0.05) is 48.5 Å². The van der Waals surface area contributed by atoms with Crippen LogP contribution in [-0.2, 0) is 20.5 Å². The number of nitrogens with one attached hydrogen (secondary N) is 2. The molecule has 0 aromatic heterocycles. The van der Waals surface area contributed by atoms with Gasteiger partial charge < -0.3 is 15.4 Å². The Bertz CT molecular complexity index is 1530. The van der Waals surface area contributed by atoms with Crippen LogP contribution in [0.25, 0.3) is 0 Å². The molecular weight excluding hydrogens is 478 g/mol. The van der Waals surface area contributed by atoms with E-state index in [-0.39, 0.29) is 23.6 Å². The van der Waals surface area contributed by atoms with Gasteiger partial charge in [0.25, 0.3) is 5.91 Å². The number of anilines is 2. The molecule has 4 aliphatic heterocycles. The van der Waals surface area contributed by atoms with Gasteiger partial charge in [0.05, 0.1) is 18.1 Å². The first-order valence-electron chi connectivity index (χ1n) is 13.3. The summed E-state index contributed by atoms with van der Waals surface area (Å²) >= 11 is 0. The summed E-state index contributed by atoms with van der Waals surface area (Å²) in [5.74, 6) is -0.991. The monoisotopic (exact) mass is 507 g/mol. The highest BCUT2D eigenvalue weighted by Crippen LogP contribution is 2.68. The smallest absolute Gasteiger partial charge is 0.251 e. The molecule has 3 aromatic carbocycles. The molecule has 3 aromatic rings. The Morgan fingerprint density at radius 3 is 2.58 bits per heavy atom. The lowest BCUT2D eigenvalue weighted by atomic mass is 9.57. The maximum absolute atomic E-state index is 14.8. The van der Waals surface area contributed by atoms with Crippen LogP contribution in [0.1, 0.15) is 46.8 Å². The average Bonchev–Trinajstić information content (AvgIpc) is 3.64. The van der Waals surface area contributed by atoms with Crippen LogP contribution < -0.4 is 15.4 Å². The van der Waals surface area contributed by atoms with Crippen molar-refractivity contribution in [1.29, 1.82) is 0 Å². The number of fused-ring (bicyclic) bond motifs is 7. The number of Topliss-reactive ketones (excluding diaryl/α,β-unsaturated/α-hetero) is 1. The van der Waals surface area contributed by atoms with Gasteiger partial charge in [0, 0.05) is 23.0 Å². The summed E-state index contributed by atoms with van der Waals surface area (Å²) in [5, 5.41) is 6.23. The van der Waals surface area contributed by atoms with Gasteiger partial charge in [-0.3, -0.25) is 19.3 Å². The molecule has 0 bridgehead atoms. The molecular formula is C31H29N3O4. The fourth-order valence-corrected chi connectivity index (χ4v) is 7.87. The summed E-state index contributed by atoms with van der Waals surface area (Å²) < 4.78 is 5.87. The van der Waals surface area contributed by atoms with E-state index in [1.54, 1.807) is 12.1 Å². The number of ketones is 1. The second-order valence-corrected chi connectivity index (χ2v) is 10.6. The van der Waals surface area contributed by atoms with Crippen molar-refractivity contribution < 1.29 is 19.1 Å². The number of rotatable bonds is 4. The van der Waals surface area contributed by atoms with E-state index in [9.17, 15) is 14.4 Å². The maximum atomic E-state index is 14.8. The van der Waals surface area contributed by atoms with Gasteiger partial charge in [-0.2, -0.15) is 0 Å². The molecule has 192 valence electrons. The van der Waals surface area contributed by atoms with Gasteiger partial charge in [0.1, 0.15) is 16.7 Å². The third kappa shape index (κ3) is 2.55. The van der Waals surface area contributed by atoms with Gasteiger partial charge in [-0.25, -0.2) is 0 Å². The number of carbonyl (C=O) groups excluding carboxylic acids is 3. The van der Waals surface area contributed by atoms with Gasteiger partial charge in [-0.05, 0) is 62.6 Å². The molecule has 2 amide bonds. The maximum Gasteiger partial charge on any atom is 0.251 e. The van der Waals surface area contributed by atoms with E-state index in [0.717, 1.165) is 29.7 Å². The number of hydrogen-bond donors (Lipinski definition) is 2. The minimum absolute atomic E-state index is 0.163. The van der Waals surface area contributed by atoms with E-state index in [2.05, 4.69) is 15.5 Å². The fraction of sp³-hybridized carbons (Fsp3) is 0.323. The molecule has 4 heterocycles. The molecule has 2 N–H and O–H groups in total. The number of benzene rings is 3. The Morgan fingerprint density at radius 1 is 0.974 bits per heavy atom. The van der Waals surface area contributed by atoms with Gasteiger partial charge in [-0.15, -0.1) is 0 Å². The van der Waals surface area contributed by atoms with Crippen molar-refractivity contribution in [2.75, 3.05) is 23.8 Å². The van der Waals surface area contributed by atoms with Crippen molar-refractivity contribution in [3.05, 3.63) is 89.0 Å². The van der Waals surface area contributed by atoms with Crippen molar-refractivity contribution in [1.82, 2.24) is 4.90 Å². The van der Waals surface area contributed by atoms with Crippen LogP contribution in [0, 0.1) is 12.8 Å². The molecule has 0 radical (unpaired) electrons. The van der Waals surface area contributed by atoms with Crippen LogP contribution in [0.2, 0.25) is 0 Å². The summed E-state index contributed by atoms with van der Waals surface area (Å²) in [4.78, 5) is 46.0. The largest absolute Gasteiger partial charge is 0.493 e. The topological polar surface area (TPSA) is 87.7 Å². The van der Waals surface area contributed by atoms with Gasteiger partial charge in [0.15, 0.2) is 5.78 Å². The van der Waals surface area contributed by atoms with E-state index in [4.69, 9.17) is 4.74 Å². The van der Waals surface area contributed by atoms with Crippen LogP contribution in [-0.4, -0.2) is 41.7 Å². The molecule has 4 atom stereocenters. The molecule has 4 aliphatic rings. The van der Waals surface area contributed by atoms with E-state index >= 15 is 0 Å². The predicted octanol–water partition coefficient (Wildman–Crippen LogP) is 4.41. The molecule has 2 spiro atoms. The zero-order chi connectivity index (χ0) is 26.2. The molecule has 0 saturated carbocycles. The Kier molecular flexibility index (Phi) is 4.89. The molecule has 7 rings (SSSR count). The Balaban J connectivity index is 1.58. The fourth-order valence-electron chi connectivity index (χ4n) is 7.87. The third-order valence-electron chi connectivity index (χ3n) is 9.07. The number of para-hydroxylation sites is 3. The van der Waals surface area contributed by atoms with Crippen molar-refractivity contribution >= 4 is 29.0 Å². The molecule has 38 heavy (non-hydrogen) atoms. The second kappa shape index (κ2) is 8.01. The normalized spacial score (nSPS) is 28.8. The molecule has 2 fully saturated rings. The van der Waals surface area contributed by atoms with E-state index < -0.39 is 16.9 Å². The highest BCUT2D eigenvalue weighted by molar-refractivity contribution is 6.21. The molecule has 7 nitrogen and oxygen atoms in total.